The predicted octanol–water partition coefficient (Wildman–Crippen LogP) is 3.34. The zero-order valence-electron chi connectivity index (χ0n) is 16.5. The lowest BCUT2D eigenvalue weighted by atomic mass is 10.1. The van der Waals surface area contributed by atoms with Gasteiger partial charge in [0.2, 0.25) is 6.79 Å². The molecule has 2 amide bonds. The molecule has 1 aliphatic rings. The van der Waals surface area contributed by atoms with E-state index in [0.717, 1.165) is 5.56 Å². The highest BCUT2D eigenvalue weighted by molar-refractivity contribution is 6.05. The van der Waals surface area contributed by atoms with Crippen molar-refractivity contribution in [3.63, 3.8) is 0 Å². The van der Waals surface area contributed by atoms with Gasteiger partial charge in [-0.3, -0.25) is 19.7 Å². The highest BCUT2D eigenvalue weighted by Gasteiger charge is 2.13. The summed E-state index contributed by atoms with van der Waals surface area (Å²) in [6, 6.07) is 16.8. The minimum Gasteiger partial charge on any atom is -0.454 e. The SMILES string of the molecule is O=C(N/N=C/c1ccc2c(c1)OCO2)c1ccc(NC(=O)c2cccc([N+](=O)[O-])c2)cc1. The first-order valence-corrected chi connectivity index (χ1v) is 9.38. The van der Waals surface area contributed by atoms with Crippen LogP contribution in [0.1, 0.15) is 26.3 Å². The van der Waals surface area contributed by atoms with Crippen LogP contribution in [-0.2, 0) is 0 Å². The number of nitrogens with one attached hydrogen (secondary N) is 2. The molecule has 0 unspecified atom stereocenters. The maximum Gasteiger partial charge on any atom is 0.271 e. The topological polar surface area (TPSA) is 132 Å². The van der Waals surface area contributed by atoms with Crippen LogP contribution in [0.15, 0.2) is 71.8 Å². The van der Waals surface area contributed by atoms with E-state index in [0.29, 0.717) is 22.7 Å². The van der Waals surface area contributed by atoms with Gasteiger partial charge in [0.25, 0.3) is 17.5 Å². The van der Waals surface area contributed by atoms with E-state index < -0.39 is 16.7 Å². The van der Waals surface area contributed by atoms with E-state index in [4.69, 9.17) is 9.47 Å². The van der Waals surface area contributed by atoms with Gasteiger partial charge in [-0.25, -0.2) is 5.43 Å². The smallest absolute Gasteiger partial charge is 0.271 e. The van der Waals surface area contributed by atoms with E-state index in [2.05, 4.69) is 15.8 Å². The molecule has 0 saturated carbocycles. The van der Waals surface area contributed by atoms with Gasteiger partial charge in [0.15, 0.2) is 11.5 Å². The molecular weight excluding hydrogens is 416 g/mol. The Morgan fingerprint density at radius 2 is 1.72 bits per heavy atom. The summed E-state index contributed by atoms with van der Waals surface area (Å²) in [7, 11) is 0. The summed E-state index contributed by atoms with van der Waals surface area (Å²) >= 11 is 0. The second-order valence-electron chi connectivity index (χ2n) is 6.65. The first kappa shape index (κ1) is 20.5. The Kier molecular flexibility index (Phi) is 5.75. The summed E-state index contributed by atoms with van der Waals surface area (Å²) in [5.74, 6) is 0.338. The van der Waals surface area contributed by atoms with Gasteiger partial charge in [0, 0.05) is 28.9 Å². The van der Waals surface area contributed by atoms with Crippen LogP contribution in [-0.4, -0.2) is 29.7 Å². The summed E-state index contributed by atoms with van der Waals surface area (Å²) in [5, 5.41) is 17.4. The van der Waals surface area contributed by atoms with Crippen molar-refractivity contribution in [3.8, 4) is 11.5 Å². The van der Waals surface area contributed by atoms with Gasteiger partial charge < -0.3 is 14.8 Å². The molecule has 160 valence electrons. The standard InChI is InChI=1S/C22H16N4O6/c27-21(16-2-1-3-18(11-16)26(29)30)24-17-7-5-15(6-8-17)22(28)25-23-12-14-4-9-19-20(10-14)32-13-31-19/h1-12H,13H2,(H,24,27)(H,25,28)/b23-12+. The molecule has 0 fully saturated rings. The Bertz CT molecular complexity index is 1220. The third kappa shape index (κ3) is 4.70. The number of hydrogen-bond donors (Lipinski definition) is 2. The van der Waals surface area contributed by atoms with Crippen LogP contribution in [0.3, 0.4) is 0 Å². The third-order valence-electron chi connectivity index (χ3n) is 4.50. The second kappa shape index (κ2) is 8.96. The maximum atomic E-state index is 12.3. The molecule has 0 aromatic heterocycles. The fourth-order valence-corrected chi connectivity index (χ4v) is 2.89. The van der Waals surface area contributed by atoms with E-state index in [1.165, 1.54) is 42.6 Å². The largest absolute Gasteiger partial charge is 0.454 e. The molecule has 1 heterocycles. The number of nitro benzene ring substituents is 1. The number of rotatable bonds is 6. The zero-order chi connectivity index (χ0) is 22.5. The van der Waals surface area contributed by atoms with Crippen LogP contribution in [0, 0.1) is 10.1 Å². The summed E-state index contributed by atoms with van der Waals surface area (Å²) < 4.78 is 10.5. The number of nitro groups is 1. The van der Waals surface area contributed by atoms with Crippen LogP contribution >= 0.6 is 0 Å². The monoisotopic (exact) mass is 432 g/mol. The van der Waals surface area contributed by atoms with Crippen molar-refractivity contribution in [2.24, 2.45) is 5.10 Å². The van der Waals surface area contributed by atoms with Gasteiger partial charge in [-0.1, -0.05) is 6.07 Å². The Morgan fingerprint density at radius 3 is 2.50 bits per heavy atom. The molecule has 0 spiro atoms. The van der Waals surface area contributed by atoms with Crippen LogP contribution in [0.4, 0.5) is 11.4 Å². The van der Waals surface area contributed by atoms with Crippen molar-refractivity contribution in [2.75, 3.05) is 12.1 Å². The maximum absolute atomic E-state index is 12.3. The number of hydrogen-bond acceptors (Lipinski definition) is 7. The van der Waals surface area contributed by atoms with E-state index >= 15 is 0 Å². The number of benzene rings is 3. The highest BCUT2D eigenvalue weighted by Crippen LogP contribution is 2.31. The van der Waals surface area contributed by atoms with Crippen molar-refractivity contribution >= 4 is 29.4 Å². The van der Waals surface area contributed by atoms with Crippen molar-refractivity contribution in [3.05, 3.63) is 93.5 Å². The van der Waals surface area contributed by atoms with Gasteiger partial charge in [-0.2, -0.15) is 5.10 Å². The third-order valence-corrected chi connectivity index (χ3v) is 4.50. The number of carbonyl (C=O) groups is 2. The Labute approximate surface area is 181 Å². The molecule has 0 radical (unpaired) electrons. The molecule has 0 bridgehead atoms. The number of ether oxygens (including phenoxy) is 2. The van der Waals surface area contributed by atoms with Crippen molar-refractivity contribution < 1.29 is 24.0 Å². The van der Waals surface area contributed by atoms with Crippen LogP contribution in [0.5, 0.6) is 11.5 Å². The molecule has 10 heteroatoms. The molecule has 0 saturated heterocycles. The second-order valence-corrected chi connectivity index (χ2v) is 6.65. The minimum absolute atomic E-state index is 0.152. The average Bonchev–Trinajstić information content (AvgIpc) is 3.27. The average molecular weight is 432 g/mol. The number of anilines is 1. The first-order chi connectivity index (χ1) is 15.5. The fraction of sp³-hybridized carbons (Fsp3) is 0.0455. The first-order valence-electron chi connectivity index (χ1n) is 9.38. The molecule has 2 N–H and O–H groups in total. The molecule has 3 aromatic rings. The van der Waals surface area contributed by atoms with Gasteiger partial charge in [-0.05, 0) is 54.1 Å². The summed E-state index contributed by atoms with van der Waals surface area (Å²) in [6.07, 6.45) is 1.48. The van der Waals surface area contributed by atoms with Crippen LogP contribution in [0.2, 0.25) is 0 Å². The van der Waals surface area contributed by atoms with Gasteiger partial charge in [0.1, 0.15) is 0 Å². The van der Waals surface area contributed by atoms with E-state index in [9.17, 15) is 19.7 Å². The molecule has 1 aliphatic heterocycles. The van der Waals surface area contributed by atoms with E-state index in [-0.39, 0.29) is 18.0 Å². The highest BCUT2D eigenvalue weighted by atomic mass is 16.7. The number of non-ortho nitro benzene ring substituents is 1. The number of carbonyl (C=O) groups excluding carboxylic acids is 2. The van der Waals surface area contributed by atoms with E-state index in [1.807, 2.05) is 0 Å². The molecule has 32 heavy (non-hydrogen) atoms. The molecule has 3 aromatic carbocycles. The lowest BCUT2D eigenvalue weighted by Crippen LogP contribution is -2.18. The van der Waals surface area contributed by atoms with E-state index in [1.54, 1.807) is 30.3 Å². The van der Waals surface area contributed by atoms with Crippen molar-refractivity contribution in [1.82, 2.24) is 5.43 Å². The Balaban J connectivity index is 1.34. The molecular formula is C22H16N4O6. The number of amides is 2. The molecule has 10 nitrogen and oxygen atoms in total. The molecule has 0 aliphatic carbocycles. The van der Waals surface area contributed by atoms with Gasteiger partial charge in [-0.15, -0.1) is 0 Å². The number of fused-ring (bicyclic) bond motifs is 1. The Morgan fingerprint density at radius 1 is 0.938 bits per heavy atom. The zero-order valence-corrected chi connectivity index (χ0v) is 16.5. The quantitative estimate of drug-likeness (QED) is 0.349. The summed E-state index contributed by atoms with van der Waals surface area (Å²) in [6.45, 7) is 0.175. The minimum atomic E-state index is -0.570. The molecule has 4 rings (SSSR count). The predicted molar refractivity (Wildman–Crippen MR) is 115 cm³/mol. The van der Waals surface area contributed by atoms with Gasteiger partial charge >= 0.3 is 0 Å². The van der Waals surface area contributed by atoms with Crippen molar-refractivity contribution in [2.45, 2.75) is 0 Å². The summed E-state index contributed by atoms with van der Waals surface area (Å²) in [4.78, 5) is 34.8. The van der Waals surface area contributed by atoms with Crippen LogP contribution < -0.4 is 20.2 Å². The summed E-state index contributed by atoms with van der Waals surface area (Å²) in [5.41, 5.74) is 3.90. The number of nitrogens with zero attached hydrogens (tertiary/aromatic N) is 2. The normalized spacial score (nSPS) is 11.9. The number of hydrazone groups is 1. The van der Waals surface area contributed by atoms with Crippen LogP contribution in [0.25, 0.3) is 0 Å². The fourth-order valence-electron chi connectivity index (χ4n) is 2.89. The van der Waals surface area contributed by atoms with Crippen molar-refractivity contribution in [1.29, 1.82) is 0 Å². The van der Waals surface area contributed by atoms with Gasteiger partial charge in [0.05, 0.1) is 11.1 Å². The molecule has 0 atom stereocenters. The lowest BCUT2D eigenvalue weighted by Gasteiger charge is -2.06. The lowest BCUT2D eigenvalue weighted by molar-refractivity contribution is -0.384. The Hall–Kier alpha value is -4.73.